The van der Waals surface area contributed by atoms with Crippen LogP contribution in [-0.2, 0) is 13.0 Å². The predicted octanol–water partition coefficient (Wildman–Crippen LogP) is 3.78. The molecule has 0 spiro atoms. The Balaban J connectivity index is 1.91. The van der Waals surface area contributed by atoms with Crippen LogP contribution in [-0.4, -0.2) is 55.2 Å². The molecule has 0 radical (unpaired) electrons. The molecule has 0 saturated heterocycles. The Kier molecular flexibility index (Phi) is 10.7. The number of ether oxygens (including phenoxy) is 1. The largest absolute Gasteiger partial charge is 0.492 e. The molecule has 0 aliphatic rings. The molecule has 0 aliphatic heterocycles. The number of hydrogen-bond acceptors (Lipinski definition) is 5. The summed E-state index contributed by atoms with van der Waals surface area (Å²) in [6, 6.07) is 8.17. The van der Waals surface area contributed by atoms with E-state index in [1.165, 1.54) is 9.88 Å². The van der Waals surface area contributed by atoms with Crippen molar-refractivity contribution in [2.75, 3.05) is 39.3 Å². The van der Waals surface area contributed by atoms with Crippen molar-refractivity contribution in [2.45, 2.75) is 47.6 Å². The molecule has 0 bridgehead atoms. The van der Waals surface area contributed by atoms with Crippen molar-refractivity contribution in [1.29, 1.82) is 0 Å². The fourth-order valence-corrected chi connectivity index (χ4v) is 3.97. The average Bonchev–Trinajstić information content (AvgIpc) is 3.07. The number of nitrogens with zero attached hydrogens (tertiary/aromatic N) is 3. The van der Waals surface area contributed by atoms with Gasteiger partial charge in [-0.1, -0.05) is 32.0 Å². The predicted molar refractivity (Wildman–Crippen MR) is 128 cm³/mol. The third-order valence-corrected chi connectivity index (χ3v) is 6.12. The van der Waals surface area contributed by atoms with Gasteiger partial charge in [0, 0.05) is 36.5 Å². The summed E-state index contributed by atoms with van der Waals surface area (Å²) in [4.78, 5) is 13.0. The maximum atomic E-state index is 6.06. The van der Waals surface area contributed by atoms with Crippen LogP contribution in [0.1, 0.15) is 41.9 Å². The van der Waals surface area contributed by atoms with Gasteiger partial charge in [-0.05, 0) is 39.9 Å². The fourth-order valence-electron chi connectivity index (χ4n) is 3.04. The number of aliphatic imine (C=N–C) groups is 1. The quantitative estimate of drug-likeness (QED) is 0.396. The number of thiazole rings is 1. The maximum Gasteiger partial charge on any atom is 0.191 e. The Bertz CT molecular complexity index is 766. The number of para-hydroxylation sites is 1. The lowest BCUT2D eigenvalue weighted by Crippen LogP contribution is -2.38. The fraction of sp³-hybridized carbons (Fsp3) is 0.565. The van der Waals surface area contributed by atoms with Crippen LogP contribution < -0.4 is 15.4 Å². The Hall–Kier alpha value is -2.12. The Morgan fingerprint density at radius 3 is 2.57 bits per heavy atom. The minimum absolute atomic E-state index is 0.576. The van der Waals surface area contributed by atoms with Crippen molar-refractivity contribution in [1.82, 2.24) is 20.5 Å². The molecule has 0 unspecified atom stereocenters. The lowest BCUT2D eigenvalue weighted by atomic mass is 10.2. The van der Waals surface area contributed by atoms with E-state index in [1.54, 1.807) is 11.3 Å². The zero-order valence-corrected chi connectivity index (χ0v) is 19.9. The zero-order valence-electron chi connectivity index (χ0n) is 19.1. The molecular formula is C23H37N5OS. The van der Waals surface area contributed by atoms with Crippen molar-refractivity contribution in [3.63, 3.8) is 0 Å². The highest BCUT2D eigenvalue weighted by Gasteiger charge is 2.07. The average molecular weight is 432 g/mol. The number of likely N-dealkylation sites (N-methyl/N-ethyl adjacent to an activating group) is 1. The highest BCUT2D eigenvalue weighted by atomic mass is 32.1. The van der Waals surface area contributed by atoms with Gasteiger partial charge in [0.1, 0.15) is 12.4 Å². The molecule has 0 amide bonds. The molecule has 2 rings (SSSR count). The summed E-state index contributed by atoms with van der Waals surface area (Å²) in [5.74, 6) is 1.73. The van der Waals surface area contributed by atoms with E-state index in [4.69, 9.17) is 9.73 Å². The van der Waals surface area contributed by atoms with E-state index in [0.29, 0.717) is 13.2 Å². The molecule has 1 heterocycles. The minimum atomic E-state index is 0.576. The van der Waals surface area contributed by atoms with E-state index in [-0.39, 0.29) is 0 Å². The van der Waals surface area contributed by atoms with E-state index in [2.05, 4.69) is 61.2 Å². The lowest BCUT2D eigenvalue weighted by molar-refractivity contribution is 0.221. The lowest BCUT2D eigenvalue weighted by Gasteiger charge is -2.18. The van der Waals surface area contributed by atoms with Crippen molar-refractivity contribution in [2.24, 2.45) is 4.99 Å². The number of rotatable bonds is 12. The number of benzene rings is 1. The van der Waals surface area contributed by atoms with Gasteiger partial charge < -0.3 is 20.3 Å². The first-order chi connectivity index (χ1) is 14.6. The number of aromatic nitrogens is 1. The first kappa shape index (κ1) is 24.2. The van der Waals surface area contributed by atoms with Gasteiger partial charge in [0.2, 0.25) is 0 Å². The van der Waals surface area contributed by atoms with Crippen molar-refractivity contribution in [3.05, 3.63) is 45.4 Å². The summed E-state index contributed by atoms with van der Waals surface area (Å²) in [6.07, 6.45) is 0.898. The summed E-state index contributed by atoms with van der Waals surface area (Å²) < 4.78 is 6.06. The first-order valence-electron chi connectivity index (χ1n) is 10.9. The highest BCUT2D eigenvalue weighted by Crippen LogP contribution is 2.19. The first-order valence-corrected chi connectivity index (χ1v) is 11.8. The monoisotopic (exact) mass is 431 g/mol. The van der Waals surface area contributed by atoms with E-state index in [1.807, 2.05) is 18.2 Å². The van der Waals surface area contributed by atoms with Crippen molar-refractivity contribution >= 4 is 17.3 Å². The molecule has 2 aromatic rings. The summed E-state index contributed by atoms with van der Waals surface area (Å²) >= 11 is 1.77. The molecule has 6 nitrogen and oxygen atoms in total. The van der Waals surface area contributed by atoms with Gasteiger partial charge >= 0.3 is 0 Å². The van der Waals surface area contributed by atoms with Crippen molar-refractivity contribution < 1.29 is 4.74 Å². The van der Waals surface area contributed by atoms with Gasteiger partial charge in [-0.15, -0.1) is 11.3 Å². The summed E-state index contributed by atoms with van der Waals surface area (Å²) in [7, 11) is 0. The van der Waals surface area contributed by atoms with Crippen LogP contribution in [0.15, 0.2) is 29.3 Å². The molecule has 2 N–H and O–H groups in total. The minimum Gasteiger partial charge on any atom is -0.492 e. The normalized spacial score (nSPS) is 11.7. The molecule has 1 aromatic carbocycles. The van der Waals surface area contributed by atoms with Crippen LogP contribution in [0.2, 0.25) is 0 Å². The third-order valence-electron chi connectivity index (χ3n) is 4.99. The number of hydrogen-bond donors (Lipinski definition) is 2. The van der Waals surface area contributed by atoms with Gasteiger partial charge in [0.05, 0.1) is 17.2 Å². The van der Waals surface area contributed by atoms with Crippen molar-refractivity contribution in [3.8, 4) is 5.75 Å². The second-order valence-electron chi connectivity index (χ2n) is 7.10. The number of guanidine groups is 1. The van der Waals surface area contributed by atoms with Crippen LogP contribution in [0, 0.1) is 13.8 Å². The smallest absolute Gasteiger partial charge is 0.191 e. The van der Waals surface area contributed by atoms with Crippen LogP contribution >= 0.6 is 11.3 Å². The molecule has 0 saturated carbocycles. The molecule has 166 valence electrons. The van der Waals surface area contributed by atoms with Crippen LogP contribution in [0.25, 0.3) is 0 Å². The Morgan fingerprint density at radius 1 is 1.13 bits per heavy atom. The number of nitrogens with one attached hydrogen (secondary N) is 2. The number of aryl methyl sites for hydroxylation is 2. The molecule has 0 aliphatic carbocycles. The second kappa shape index (κ2) is 13.2. The third kappa shape index (κ3) is 7.95. The second-order valence-corrected chi connectivity index (χ2v) is 8.39. The molecule has 0 atom stereocenters. The van der Waals surface area contributed by atoms with E-state index >= 15 is 0 Å². The topological polar surface area (TPSA) is 61.8 Å². The van der Waals surface area contributed by atoms with Gasteiger partial charge in [-0.3, -0.25) is 0 Å². The van der Waals surface area contributed by atoms with Gasteiger partial charge in [0.15, 0.2) is 5.96 Å². The zero-order chi connectivity index (χ0) is 21.8. The SMILES string of the molecule is CCNC(=NCc1ccccc1OCCN(CC)CC)NCCc1nc(C)c(C)s1. The van der Waals surface area contributed by atoms with E-state index in [9.17, 15) is 0 Å². The van der Waals surface area contributed by atoms with Crippen LogP contribution in [0.3, 0.4) is 0 Å². The molecule has 7 heteroatoms. The Labute approximate surface area is 185 Å². The maximum absolute atomic E-state index is 6.06. The molecule has 30 heavy (non-hydrogen) atoms. The van der Waals surface area contributed by atoms with Crippen LogP contribution in [0.4, 0.5) is 0 Å². The Morgan fingerprint density at radius 2 is 1.90 bits per heavy atom. The summed E-state index contributed by atoms with van der Waals surface area (Å²) in [5, 5.41) is 7.91. The molecule has 1 aromatic heterocycles. The highest BCUT2D eigenvalue weighted by molar-refractivity contribution is 7.11. The summed E-state index contributed by atoms with van der Waals surface area (Å²) in [6.45, 7) is 16.5. The van der Waals surface area contributed by atoms with Gasteiger partial charge in [0.25, 0.3) is 0 Å². The molecular weight excluding hydrogens is 394 g/mol. The standard InChI is InChI=1S/C23H37N5OS/c1-6-24-23(25-14-13-22-27-18(4)19(5)30-22)26-17-20-11-9-10-12-21(20)29-16-15-28(7-2)8-3/h9-12H,6-8,13-17H2,1-5H3,(H2,24,25,26). The van der Waals surface area contributed by atoms with E-state index in [0.717, 1.165) is 62.1 Å². The molecule has 0 fully saturated rings. The van der Waals surface area contributed by atoms with Crippen LogP contribution in [0.5, 0.6) is 5.75 Å². The van der Waals surface area contributed by atoms with Gasteiger partial charge in [-0.2, -0.15) is 0 Å². The van der Waals surface area contributed by atoms with Gasteiger partial charge in [-0.25, -0.2) is 9.98 Å². The van der Waals surface area contributed by atoms with E-state index < -0.39 is 0 Å². The summed E-state index contributed by atoms with van der Waals surface area (Å²) in [5.41, 5.74) is 2.23.